The summed E-state index contributed by atoms with van der Waals surface area (Å²) in [5.41, 5.74) is 1.33. The Hall–Kier alpha value is -4.14. The SMILES string of the molecule is COc1cc2ccc(S(=O)(=O)NC3CCN(C(Cc4ccc(C#N)cc4)C(=O)N4CCCCC4)C3=O)cc2cc1OC. The van der Waals surface area contributed by atoms with Gasteiger partial charge in [0.05, 0.1) is 30.7 Å². The number of hydrogen-bond acceptors (Lipinski definition) is 7. The highest BCUT2D eigenvalue weighted by molar-refractivity contribution is 7.89. The highest BCUT2D eigenvalue weighted by Gasteiger charge is 2.42. The van der Waals surface area contributed by atoms with Crippen molar-refractivity contribution in [3.05, 3.63) is 65.7 Å². The van der Waals surface area contributed by atoms with Gasteiger partial charge in [-0.2, -0.15) is 9.98 Å². The maximum atomic E-state index is 13.7. The number of benzene rings is 3. The van der Waals surface area contributed by atoms with Crippen molar-refractivity contribution >= 4 is 32.6 Å². The molecule has 2 fully saturated rings. The van der Waals surface area contributed by atoms with E-state index in [4.69, 9.17) is 14.7 Å². The maximum Gasteiger partial charge on any atom is 0.245 e. The minimum atomic E-state index is -4.06. The van der Waals surface area contributed by atoms with E-state index in [1.54, 1.807) is 47.4 Å². The van der Waals surface area contributed by atoms with Gasteiger partial charge in [0, 0.05) is 26.1 Å². The van der Waals surface area contributed by atoms with Crippen LogP contribution in [-0.4, -0.2) is 76.0 Å². The van der Waals surface area contributed by atoms with E-state index in [-0.39, 0.29) is 30.2 Å². The molecule has 0 spiro atoms. The second-order valence-electron chi connectivity index (χ2n) is 10.6. The molecule has 2 amide bonds. The number of nitrogens with zero attached hydrogens (tertiary/aromatic N) is 3. The fourth-order valence-electron chi connectivity index (χ4n) is 5.69. The van der Waals surface area contributed by atoms with E-state index in [2.05, 4.69) is 10.8 Å². The zero-order chi connectivity index (χ0) is 29.9. The first-order chi connectivity index (χ1) is 20.2. The van der Waals surface area contributed by atoms with Crippen molar-refractivity contribution < 1.29 is 27.5 Å². The number of rotatable bonds is 9. The summed E-state index contributed by atoms with van der Waals surface area (Å²) in [6.07, 6.45) is 3.41. The lowest BCUT2D eigenvalue weighted by Crippen LogP contribution is -2.53. The molecule has 2 unspecified atom stereocenters. The Bertz CT molecular complexity index is 1630. The minimum Gasteiger partial charge on any atom is -0.493 e. The monoisotopic (exact) mass is 590 g/mol. The van der Waals surface area contributed by atoms with Crippen molar-refractivity contribution in [1.29, 1.82) is 5.26 Å². The standard InChI is InChI=1S/C31H34N4O6S/c1-40-28-18-23-10-11-25(17-24(23)19-29(28)41-2)42(38,39)33-26-12-15-35(30(26)36)27(31(37)34-13-4-3-5-14-34)16-21-6-8-22(20-32)9-7-21/h6-11,17-19,26-27,33H,3-5,12-16H2,1-2H3. The second kappa shape index (κ2) is 12.4. The van der Waals surface area contributed by atoms with Gasteiger partial charge in [-0.15, -0.1) is 0 Å². The Morgan fingerprint density at radius 2 is 1.64 bits per heavy atom. The van der Waals surface area contributed by atoms with Gasteiger partial charge in [-0.1, -0.05) is 18.2 Å². The Labute approximate surface area is 245 Å². The van der Waals surface area contributed by atoms with E-state index >= 15 is 0 Å². The van der Waals surface area contributed by atoms with Crippen LogP contribution in [0, 0.1) is 11.3 Å². The topological polar surface area (TPSA) is 129 Å². The Morgan fingerprint density at radius 1 is 0.976 bits per heavy atom. The van der Waals surface area contributed by atoms with Crippen LogP contribution in [0.15, 0.2) is 59.5 Å². The van der Waals surface area contributed by atoms with Crippen LogP contribution in [-0.2, 0) is 26.0 Å². The largest absolute Gasteiger partial charge is 0.493 e. The lowest BCUT2D eigenvalue weighted by atomic mass is 10.0. The van der Waals surface area contributed by atoms with Gasteiger partial charge in [0.2, 0.25) is 21.8 Å². The molecule has 0 aromatic heterocycles. The number of amides is 2. The van der Waals surface area contributed by atoms with Crippen LogP contribution < -0.4 is 14.2 Å². The lowest BCUT2D eigenvalue weighted by molar-refractivity contribution is -0.144. The molecule has 2 aliphatic rings. The molecule has 0 aliphatic carbocycles. The number of sulfonamides is 1. The molecule has 11 heteroatoms. The number of carbonyl (C=O) groups is 2. The Morgan fingerprint density at radius 3 is 2.29 bits per heavy atom. The molecule has 0 bridgehead atoms. The molecule has 2 atom stereocenters. The van der Waals surface area contributed by atoms with Crippen molar-refractivity contribution in [2.24, 2.45) is 0 Å². The summed E-state index contributed by atoms with van der Waals surface area (Å²) in [7, 11) is -1.02. The summed E-state index contributed by atoms with van der Waals surface area (Å²) < 4.78 is 40.1. The number of fused-ring (bicyclic) bond motifs is 1. The first-order valence-corrected chi connectivity index (χ1v) is 15.5. The van der Waals surface area contributed by atoms with Crippen LogP contribution in [0.5, 0.6) is 11.5 Å². The quantitative estimate of drug-likeness (QED) is 0.405. The number of methoxy groups -OCH3 is 2. The summed E-state index contributed by atoms with van der Waals surface area (Å²) in [5, 5.41) is 10.6. The zero-order valence-corrected chi connectivity index (χ0v) is 24.5. The van der Waals surface area contributed by atoms with Gasteiger partial charge in [0.15, 0.2) is 11.5 Å². The van der Waals surface area contributed by atoms with E-state index in [9.17, 15) is 18.0 Å². The van der Waals surface area contributed by atoms with E-state index in [0.717, 1.165) is 30.2 Å². The normalized spacial score (nSPS) is 18.1. The number of ether oxygens (including phenoxy) is 2. The second-order valence-corrected chi connectivity index (χ2v) is 12.3. The number of carbonyl (C=O) groups excluding carboxylic acids is 2. The molecule has 2 saturated heterocycles. The van der Waals surface area contributed by atoms with Gasteiger partial charge in [0.1, 0.15) is 12.1 Å². The van der Waals surface area contributed by atoms with E-state index in [1.807, 2.05) is 0 Å². The molecule has 2 heterocycles. The number of nitriles is 1. The summed E-state index contributed by atoms with van der Waals surface area (Å²) >= 11 is 0. The molecule has 1 N–H and O–H groups in total. The van der Waals surface area contributed by atoms with E-state index in [0.29, 0.717) is 35.5 Å². The molecule has 0 saturated carbocycles. The number of nitrogens with one attached hydrogen (secondary N) is 1. The number of hydrogen-bond donors (Lipinski definition) is 1. The third kappa shape index (κ3) is 6.05. The molecule has 0 radical (unpaired) electrons. The minimum absolute atomic E-state index is 0.0204. The van der Waals surface area contributed by atoms with Crippen molar-refractivity contribution in [3.8, 4) is 17.6 Å². The van der Waals surface area contributed by atoms with Crippen LogP contribution in [0.1, 0.15) is 36.8 Å². The van der Waals surface area contributed by atoms with E-state index < -0.39 is 28.0 Å². The third-order valence-corrected chi connectivity index (χ3v) is 9.47. The lowest BCUT2D eigenvalue weighted by Gasteiger charge is -2.34. The summed E-state index contributed by atoms with van der Waals surface area (Å²) in [5.74, 6) is 0.454. The predicted octanol–water partition coefficient (Wildman–Crippen LogP) is 3.23. The van der Waals surface area contributed by atoms with Crippen molar-refractivity contribution in [3.63, 3.8) is 0 Å². The Balaban J connectivity index is 1.37. The van der Waals surface area contributed by atoms with Gasteiger partial charge in [-0.3, -0.25) is 9.59 Å². The third-order valence-electron chi connectivity index (χ3n) is 8.00. The van der Waals surface area contributed by atoms with Crippen molar-refractivity contribution in [2.45, 2.75) is 49.1 Å². The van der Waals surface area contributed by atoms with Gasteiger partial charge in [0.25, 0.3) is 0 Å². The van der Waals surface area contributed by atoms with Crippen LogP contribution >= 0.6 is 0 Å². The fraction of sp³-hybridized carbons (Fsp3) is 0.387. The van der Waals surface area contributed by atoms with Gasteiger partial charge >= 0.3 is 0 Å². The molecular weight excluding hydrogens is 556 g/mol. The molecule has 2 aliphatic heterocycles. The molecule has 5 rings (SSSR count). The van der Waals surface area contributed by atoms with Crippen molar-refractivity contribution in [1.82, 2.24) is 14.5 Å². The van der Waals surface area contributed by atoms with Crippen LogP contribution in [0.25, 0.3) is 10.8 Å². The Kier molecular flexibility index (Phi) is 8.66. The van der Waals surface area contributed by atoms with Crippen LogP contribution in [0.4, 0.5) is 0 Å². The maximum absolute atomic E-state index is 13.7. The molecule has 3 aromatic carbocycles. The first kappa shape index (κ1) is 29.4. The number of piperidine rings is 1. The van der Waals surface area contributed by atoms with Crippen LogP contribution in [0.2, 0.25) is 0 Å². The summed E-state index contributed by atoms with van der Waals surface area (Å²) in [6.45, 7) is 1.53. The van der Waals surface area contributed by atoms with Gasteiger partial charge in [-0.05, 0) is 78.4 Å². The highest BCUT2D eigenvalue weighted by Crippen LogP contribution is 2.33. The van der Waals surface area contributed by atoms with Crippen molar-refractivity contribution in [2.75, 3.05) is 33.9 Å². The first-order valence-electron chi connectivity index (χ1n) is 14.0. The fourth-order valence-corrected chi connectivity index (χ4v) is 6.95. The van der Waals surface area contributed by atoms with Crippen LogP contribution in [0.3, 0.4) is 0 Å². The average Bonchev–Trinajstić information content (AvgIpc) is 3.37. The van der Waals surface area contributed by atoms with Gasteiger partial charge < -0.3 is 19.3 Å². The highest BCUT2D eigenvalue weighted by atomic mass is 32.2. The number of likely N-dealkylation sites (tertiary alicyclic amines) is 2. The molecule has 10 nitrogen and oxygen atoms in total. The van der Waals surface area contributed by atoms with Gasteiger partial charge in [-0.25, -0.2) is 8.42 Å². The molecular formula is C31H34N4O6S. The molecule has 42 heavy (non-hydrogen) atoms. The average molecular weight is 591 g/mol. The predicted molar refractivity (Wildman–Crippen MR) is 157 cm³/mol. The molecule has 220 valence electrons. The summed E-state index contributed by atoms with van der Waals surface area (Å²) in [4.78, 5) is 30.7. The van der Waals surface area contributed by atoms with E-state index in [1.165, 1.54) is 31.3 Å². The zero-order valence-electron chi connectivity index (χ0n) is 23.7. The molecule has 3 aromatic rings. The smallest absolute Gasteiger partial charge is 0.245 e. The summed E-state index contributed by atoms with van der Waals surface area (Å²) in [6, 6.07) is 15.5.